The molecule has 0 N–H and O–H groups in total. The maximum Gasteiger partial charge on any atom is 0.272 e. The van der Waals surface area contributed by atoms with Crippen LogP contribution in [0.5, 0.6) is 0 Å². The smallest absolute Gasteiger partial charge is 0.272 e. The van der Waals surface area contributed by atoms with Crippen LogP contribution in [0.4, 0.5) is 0 Å². The van der Waals surface area contributed by atoms with Crippen LogP contribution >= 0.6 is 0 Å². The molecule has 1 atom stereocenters. The first kappa shape index (κ1) is 16.6. The summed E-state index contributed by atoms with van der Waals surface area (Å²) >= 11 is 0. The number of morpholine rings is 1. The lowest BCUT2D eigenvalue weighted by atomic mass is 10.1. The van der Waals surface area contributed by atoms with Crippen molar-refractivity contribution in [2.75, 3.05) is 19.8 Å². The summed E-state index contributed by atoms with van der Waals surface area (Å²) in [6.07, 6.45) is 6.67. The van der Waals surface area contributed by atoms with Crippen LogP contribution in [0.2, 0.25) is 0 Å². The van der Waals surface area contributed by atoms with Crippen LogP contribution in [-0.2, 0) is 11.2 Å². The van der Waals surface area contributed by atoms with E-state index in [2.05, 4.69) is 15.0 Å². The van der Waals surface area contributed by atoms with Crippen molar-refractivity contribution < 1.29 is 9.53 Å². The van der Waals surface area contributed by atoms with Gasteiger partial charge in [-0.05, 0) is 25.0 Å². The summed E-state index contributed by atoms with van der Waals surface area (Å²) in [4.78, 5) is 27.9. The quantitative estimate of drug-likeness (QED) is 0.725. The molecule has 3 aromatic rings. The maximum atomic E-state index is 13.0. The number of hydrogen-bond acceptors (Lipinski definition) is 5. The van der Waals surface area contributed by atoms with Crippen molar-refractivity contribution in [2.24, 2.45) is 0 Å². The number of carbonyl (C=O) groups excluding carboxylic acids is 1. The summed E-state index contributed by atoms with van der Waals surface area (Å²) in [6, 6.07) is 11.6. The van der Waals surface area contributed by atoms with Crippen molar-refractivity contribution in [2.45, 2.75) is 18.9 Å². The van der Waals surface area contributed by atoms with Crippen LogP contribution in [0.1, 0.15) is 22.6 Å². The molecule has 1 fully saturated rings. The van der Waals surface area contributed by atoms with Crippen molar-refractivity contribution in [1.29, 1.82) is 0 Å². The minimum absolute atomic E-state index is 0.0199. The minimum atomic E-state index is -0.0387. The zero-order valence-electron chi connectivity index (χ0n) is 14.4. The number of rotatable bonds is 4. The number of pyridine rings is 1. The zero-order chi connectivity index (χ0) is 17.8. The Morgan fingerprint density at radius 3 is 3.00 bits per heavy atom. The van der Waals surface area contributed by atoms with Gasteiger partial charge in [-0.1, -0.05) is 24.3 Å². The van der Waals surface area contributed by atoms with Gasteiger partial charge in [-0.3, -0.25) is 14.8 Å². The number of benzene rings is 1. The van der Waals surface area contributed by atoms with Gasteiger partial charge in [0, 0.05) is 30.5 Å². The summed E-state index contributed by atoms with van der Waals surface area (Å²) < 4.78 is 5.61. The molecule has 0 saturated carbocycles. The molecule has 6 nitrogen and oxygen atoms in total. The summed E-state index contributed by atoms with van der Waals surface area (Å²) in [6.45, 7) is 1.68. The van der Waals surface area contributed by atoms with Crippen molar-refractivity contribution in [3.63, 3.8) is 0 Å². The highest BCUT2D eigenvalue weighted by Crippen LogP contribution is 2.18. The number of ether oxygens (including phenoxy) is 1. The van der Waals surface area contributed by atoms with Gasteiger partial charge in [0.05, 0.1) is 30.5 Å². The van der Waals surface area contributed by atoms with Gasteiger partial charge in [-0.2, -0.15) is 0 Å². The predicted octanol–water partition coefficient (Wildman–Crippen LogP) is 2.50. The highest BCUT2D eigenvalue weighted by Gasteiger charge is 2.28. The zero-order valence-corrected chi connectivity index (χ0v) is 14.4. The average Bonchev–Trinajstić information content (AvgIpc) is 2.72. The number of carbonyl (C=O) groups is 1. The Kier molecular flexibility index (Phi) is 4.84. The van der Waals surface area contributed by atoms with Crippen LogP contribution in [-0.4, -0.2) is 51.6 Å². The van der Waals surface area contributed by atoms with Crippen molar-refractivity contribution >= 4 is 16.8 Å². The largest absolute Gasteiger partial charge is 0.377 e. The van der Waals surface area contributed by atoms with Gasteiger partial charge in [-0.15, -0.1) is 0 Å². The summed E-state index contributed by atoms with van der Waals surface area (Å²) in [5.74, 6) is -0.0387. The summed E-state index contributed by atoms with van der Waals surface area (Å²) in [7, 11) is 0. The Labute approximate surface area is 151 Å². The molecule has 0 radical (unpaired) electrons. The van der Waals surface area contributed by atoms with Gasteiger partial charge in [0.15, 0.2) is 0 Å². The van der Waals surface area contributed by atoms with Crippen LogP contribution < -0.4 is 0 Å². The number of fused-ring (bicyclic) bond motifs is 1. The Morgan fingerprint density at radius 1 is 1.19 bits per heavy atom. The van der Waals surface area contributed by atoms with E-state index in [0.29, 0.717) is 25.5 Å². The van der Waals surface area contributed by atoms with E-state index in [4.69, 9.17) is 4.74 Å². The molecule has 0 bridgehead atoms. The van der Waals surface area contributed by atoms with E-state index in [9.17, 15) is 4.79 Å². The van der Waals surface area contributed by atoms with Gasteiger partial charge < -0.3 is 9.64 Å². The molecule has 132 valence electrons. The number of aryl methyl sites for hydroxylation is 1. The molecule has 26 heavy (non-hydrogen) atoms. The second-order valence-electron chi connectivity index (χ2n) is 6.35. The van der Waals surface area contributed by atoms with Gasteiger partial charge in [0.1, 0.15) is 5.69 Å². The lowest BCUT2D eigenvalue weighted by Gasteiger charge is -2.35. The third-order valence-corrected chi connectivity index (χ3v) is 4.66. The van der Waals surface area contributed by atoms with Crippen LogP contribution in [0.3, 0.4) is 0 Å². The van der Waals surface area contributed by atoms with E-state index in [-0.39, 0.29) is 11.9 Å². The summed E-state index contributed by atoms with van der Waals surface area (Å²) in [5, 5.41) is 1.03. The molecule has 1 aromatic carbocycles. The third kappa shape index (κ3) is 3.55. The fourth-order valence-corrected chi connectivity index (χ4v) is 3.27. The molecule has 3 heterocycles. The first-order valence-electron chi connectivity index (χ1n) is 8.81. The second-order valence-corrected chi connectivity index (χ2v) is 6.35. The van der Waals surface area contributed by atoms with E-state index in [0.717, 1.165) is 29.4 Å². The van der Waals surface area contributed by atoms with Crippen molar-refractivity contribution in [3.05, 3.63) is 66.4 Å². The number of para-hydroxylation sites is 1. The van der Waals surface area contributed by atoms with E-state index in [1.54, 1.807) is 24.7 Å². The molecule has 6 heteroatoms. The molecule has 1 unspecified atom stereocenters. The number of aromatic nitrogens is 3. The van der Waals surface area contributed by atoms with Crippen LogP contribution in [0.15, 0.2) is 55.0 Å². The Morgan fingerprint density at radius 2 is 2.12 bits per heavy atom. The Balaban J connectivity index is 1.51. The Bertz CT molecular complexity index is 900. The van der Waals surface area contributed by atoms with E-state index < -0.39 is 0 Å². The summed E-state index contributed by atoms with van der Waals surface area (Å²) in [5.41, 5.74) is 2.24. The molecular formula is C20H20N4O2. The monoisotopic (exact) mass is 348 g/mol. The SMILES string of the molecule is O=C(c1ccc2ccccc2n1)N1CCOCC1CCc1cnccn1. The molecule has 4 rings (SSSR count). The lowest BCUT2D eigenvalue weighted by molar-refractivity contribution is -0.00441. The molecular weight excluding hydrogens is 328 g/mol. The van der Waals surface area contributed by atoms with Gasteiger partial charge in [-0.25, -0.2) is 4.98 Å². The van der Waals surface area contributed by atoms with Crippen LogP contribution in [0, 0.1) is 0 Å². The fraction of sp³-hybridized carbons (Fsp3) is 0.300. The van der Waals surface area contributed by atoms with Crippen LogP contribution in [0.25, 0.3) is 10.9 Å². The molecule has 2 aromatic heterocycles. The maximum absolute atomic E-state index is 13.0. The Hall–Kier alpha value is -2.86. The molecule has 1 saturated heterocycles. The topological polar surface area (TPSA) is 68.2 Å². The standard InChI is InChI=1S/C20H20N4O2/c25-20(19-8-5-15-3-1-2-4-18(15)23-19)24-11-12-26-14-17(24)7-6-16-13-21-9-10-22-16/h1-5,8-10,13,17H,6-7,11-12,14H2. The first-order valence-corrected chi connectivity index (χ1v) is 8.81. The highest BCUT2D eigenvalue weighted by atomic mass is 16.5. The van der Waals surface area contributed by atoms with Gasteiger partial charge >= 0.3 is 0 Å². The second kappa shape index (κ2) is 7.58. The number of amides is 1. The molecule has 1 aliphatic rings. The number of hydrogen-bond donors (Lipinski definition) is 0. The minimum Gasteiger partial charge on any atom is -0.377 e. The fourth-order valence-electron chi connectivity index (χ4n) is 3.27. The normalized spacial score (nSPS) is 17.4. The average molecular weight is 348 g/mol. The molecule has 1 aliphatic heterocycles. The first-order chi connectivity index (χ1) is 12.8. The number of nitrogens with zero attached hydrogens (tertiary/aromatic N) is 4. The van der Waals surface area contributed by atoms with E-state index in [1.807, 2.05) is 35.2 Å². The molecule has 0 aliphatic carbocycles. The van der Waals surface area contributed by atoms with Crippen molar-refractivity contribution in [1.82, 2.24) is 19.9 Å². The molecule has 0 spiro atoms. The van der Waals surface area contributed by atoms with E-state index >= 15 is 0 Å². The highest BCUT2D eigenvalue weighted by molar-refractivity contribution is 5.95. The van der Waals surface area contributed by atoms with E-state index in [1.165, 1.54) is 0 Å². The van der Waals surface area contributed by atoms with Gasteiger partial charge in [0.2, 0.25) is 0 Å². The van der Waals surface area contributed by atoms with Gasteiger partial charge in [0.25, 0.3) is 5.91 Å². The van der Waals surface area contributed by atoms with Crippen molar-refractivity contribution in [3.8, 4) is 0 Å². The molecule has 1 amide bonds. The predicted molar refractivity (Wildman–Crippen MR) is 97.7 cm³/mol. The third-order valence-electron chi connectivity index (χ3n) is 4.66. The lowest BCUT2D eigenvalue weighted by Crippen LogP contribution is -2.49.